The molecule has 4 rings (SSSR count). The molecular formula is C19H20ClN3O2S. The summed E-state index contributed by atoms with van der Waals surface area (Å²) in [6, 6.07) is 9.34. The van der Waals surface area contributed by atoms with Crippen molar-refractivity contribution in [3.63, 3.8) is 0 Å². The van der Waals surface area contributed by atoms with Crippen LogP contribution in [-0.2, 0) is 17.8 Å². The van der Waals surface area contributed by atoms with Crippen molar-refractivity contribution < 1.29 is 4.74 Å². The number of benzene rings is 1. The zero-order chi connectivity index (χ0) is 17.9. The minimum absolute atomic E-state index is 0.130. The Kier molecular flexibility index (Phi) is 5.36. The van der Waals surface area contributed by atoms with Crippen LogP contribution in [0.2, 0.25) is 5.02 Å². The number of rotatable bonds is 6. The SMILES string of the molecule is O=c1[nH]c(CN(Cc2cccs2)C[C@H]2CCCO2)nc2cc(Cl)ccc12. The quantitative estimate of drug-likeness (QED) is 0.696. The smallest absolute Gasteiger partial charge is 0.258 e. The molecule has 2 aromatic heterocycles. The second-order valence-corrected chi connectivity index (χ2v) is 8.03. The normalized spacial score (nSPS) is 17.4. The first-order valence-corrected chi connectivity index (χ1v) is 9.98. The maximum Gasteiger partial charge on any atom is 0.258 e. The molecule has 1 aliphatic heterocycles. The van der Waals surface area contributed by atoms with E-state index >= 15 is 0 Å². The number of thiophene rings is 1. The molecule has 1 aliphatic rings. The van der Waals surface area contributed by atoms with E-state index in [-0.39, 0.29) is 11.7 Å². The lowest BCUT2D eigenvalue weighted by atomic mass is 10.2. The molecule has 1 saturated heterocycles. The summed E-state index contributed by atoms with van der Waals surface area (Å²) in [7, 11) is 0. The molecule has 0 saturated carbocycles. The minimum Gasteiger partial charge on any atom is -0.377 e. The van der Waals surface area contributed by atoms with E-state index in [4.69, 9.17) is 16.3 Å². The highest BCUT2D eigenvalue weighted by molar-refractivity contribution is 7.09. The summed E-state index contributed by atoms with van der Waals surface area (Å²) < 4.78 is 5.80. The van der Waals surface area contributed by atoms with E-state index in [0.717, 1.165) is 32.5 Å². The molecule has 0 unspecified atom stereocenters. The second-order valence-electron chi connectivity index (χ2n) is 6.56. The number of aromatic amines is 1. The molecular weight excluding hydrogens is 370 g/mol. The molecule has 3 heterocycles. The van der Waals surface area contributed by atoms with Crippen molar-refractivity contribution in [2.24, 2.45) is 0 Å². The molecule has 0 spiro atoms. The average Bonchev–Trinajstić information content (AvgIpc) is 3.28. The van der Waals surface area contributed by atoms with Crippen LogP contribution >= 0.6 is 22.9 Å². The van der Waals surface area contributed by atoms with Gasteiger partial charge in [-0.2, -0.15) is 0 Å². The van der Waals surface area contributed by atoms with E-state index in [9.17, 15) is 4.79 Å². The van der Waals surface area contributed by atoms with Crippen LogP contribution in [0, 0.1) is 0 Å². The summed E-state index contributed by atoms with van der Waals surface area (Å²) >= 11 is 7.79. The number of nitrogens with zero attached hydrogens (tertiary/aromatic N) is 2. The van der Waals surface area contributed by atoms with Crippen molar-refractivity contribution in [2.45, 2.75) is 32.0 Å². The van der Waals surface area contributed by atoms with Crippen LogP contribution in [0.5, 0.6) is 0 Å². The summed E-state index contributed by atoms with van der Waals surface area (Å²) in [6.45, 7) is 3.04. The van der Waals surface area contributed by atoms with Gasteiger partial charge in [-0.15, -0.1) is 11.3 Å². The third-order valence-electron chi connectivity index (χ3n) is 4.54. The predicted molar refractivity (Wildman–Crippen MR) is 105 cm³/mol. The Hall–Kier alpha value is -1.73. The molecule has 1 fully saturated rings. The van der Waals surface area contributed by atoms with Crippen LogP contribution < -0.4 is 5.56 Å². The van der Waals surface area contributed by atoms with Crippen LogP contribution in [0.3, 0.4) is 0 Å². The largest absolute Gasteiger partial charge is 0.377 e. The highest BCUT2D eigenvalue weighted by Gasteiger charge is 2.20. The minimum atomic E-state index is -0.130. The number of hydrogen-bond acceptors (Lipinski definition) is 5. The van der Waals surface area contributed by atoms with Crippen molar-refractivity contribution in [1.29, 1.82) is 0 Å². The first-order valence-electron chi connectivity index (χ1n) is 8.72. The van der Waals surface area contributed by atoms with Crippen molar-refractivity contribution in [3.8, 4) is 0 Å². The summed E-state index contributed by atoms with van der Waals surface area (Å²) in [5, 5.41) is 3.22. The van der Waals surface area contributed by atoms with Gasteiger partial charge in [-0.05, 0) is 42.5 Å². The van der Waals surface area contributed by atoms with Gasteiger partial charge in [0.25, 0.3) is 5.56 Å². The Morgan fingerprint density at radius 3 is 3.04 bits per heavy atom. The molecule has 5 nitrogen and oxygen atoms in total. The van der Waals surface area contributed by atoms with Gasteiger partial charge in [0.2, 0.25) is 0 Å². The van der Waals surface area contributed by atoms with Gasteiger partial charge in [-0.1, -0.05) is 17.7 Å². The lowest BCUT2D eigenvalue weighted by Crippen LogP contribution is -2.32. The van der Waals surface area contributed by atoms with Crippen LogP contribution in [-0.4, -0.2) is 34.1 Å². The molecule has 0 aliphatic carbocycles. The number of ether oxygens (including phenoxy) is 1. The number of nitrogens with one attached hydrogen (secondary N) is 1. The van der Waals surface area contributed by atoms with Gasteiger partial charge in [-0.3, -0.25) is 9.69 Å². The Morgan fingerprint density at radius 2 is 2.27 bits per heavy atom. The first kappa shape index (κ1) is 17.7. The third kappa shape index (κ3) is 4.15. The van der Waals surface area contributed by atoms with E-state index in [1.54, 1.807) is 29.5 Å². The van der Waals surface area contributed by atoms with Crippen molar-refractivity contribution in [1.82, 2.24) is 14.9 Å². The predicted octanol–water partition coefficient (Wildman–Crippen LogP) is 3.82. The fraction of sp³-hybridized carbons (Fsp3) is 0.368. The topological polar surface area (TPSA) is 58.2 Å². The molecule has 3 aromatic rings. The molecule has 0 radical (unpaired) electrons. The summed E-state index contributed by atoms with van der Waals surface area (Å²) in [5.74, 6) is 0.652. The molecule has 26 heavy (non-hydrogen) atoms. The Morgan fingerprint density at radius 1 is 1.35 bits per heavy atom. The second kappa shape index (κ2) is 7.88. The molecule has 0 bridgehead atoms. The van der Waals surface area contributed by atoms with E-state index < -0.39 is 0 Å². The van der Waals surface area contributed by atoms with Gasteiger partial charge in [0, 0.05) is 29.6 Å². The van der Waals surface area contributed by atoms with Gasteiger partial charge in [0.1, 0.15) is 5.82 Å². The number of fused-ring (bicyclic) bond motifs is 1. The number of hydrogen-bond donors (Lipinski definition) is 1. The van der Waals surface area contributed by atoms with Gasteiger partial charge in [0.05, 0.1) is 23.6 Å². The first-order chi connectivity index (χ1) is 12.7. The van der Waals surface area contributed by atoms with Crippen molar-refractivity contribution >= 4 is 33.8 Å². The summed E-state index contributed by atoms with van der Waals surface area (Å²) in [6.07, 6.45) is 2.44. The molecule has 1 N–H and O–H groups in total. The monoisotopic (exact) mass is 389 g/mol. The van der Waals surface area contributed by atoms with E-state index in [1.807, 2.05) is 0 Å². The fourth-order valence-corrected chi connectivity index (χ4v) is 4.24. The zero-order valence-electron chi connectivity index (χ0n) is 14.3. The van der Waals surface area contributed by atoms with Crippen LogP contribution in [0.15, 0.2) is 40.5 Å². The van der Waals surface area contributed by atoms with E-state index in [1.165, 1.54) is 4.88 Å². The Labute approximate surface area is 160 Å². The van der Waals surface area contributed by atoms with Crippen LogP contribution in [0.25, 0.3) is 10.9 Å². The van der Waals surface area contributed by atoms with Gasteiger partial charge in [-0.25, -0.2) is 4.98 Å². The number of aromatic nitrogens is 2. The third-order valence-corrected chi connectivity index (χ3v) is 5.63. The van der Waals surface area contributed by atoms with Crippen LogP contribution in [0.4, 0.5) is 0 Å². The molecule has 7 heteroatoms. The van der Waals surface area contributed by atoms with Gasteiger partial charge >= 0.3 is 0 Å². The molecule has 136 valence electrons. The molecule has 0 amide bonds. The van der Waals surface area contributed by atoms with Gasteiger partial charge in [0.15, 0.2) is 0 Å². The highest BCUT2D eigenvalue weighted by Crippen LogP contribution is 2.19. The Bertz CT molecular complexity index is 936. The standard InChI is InChI=1S/C19H20ClN3O2S/c20-13-5-6-16-17(9-13)21-18(22-19(16)24)12-23(10-14-3-1-7-25-14)11-15-4-2-8-26-15/h2,4-6,8-9,14H,1,3,7,10-12H2,(H,21,22,24)/t14-/m1/s1. The lowest BCUT2D eigenvalue weighted by molar-refractivity contribution is 0.0674. The van der Waals surface area contributed by atoms with Gasteiger partial charge < -0.3 is 9.72 Å². The highest BCUT2D eigenvalue weighted by atomic mass is 35.5. The van der Waals surface area contributed by atoms with E-state index in [0.29, 0.717) is 28.3 Å². The number of H-pyrrole nitrogens is 1. The Balaban J connectivity index is 1.59. The van der Waals surface area contributed by atoms with Crippen molar-refractivity contribution in [2.75, 3.05) is 13.2 Å². The number of halogens is 1. The lowest BCUT2D eigenvalue weighted by Gasteiger charge is -2.24. The molecule has 1 atom stereocenters. The zero-order valence-corrected chi connectivity index (χ0v) is 15.9. The van der Waals surface area contributed by atoms with Crippen LogP contribution in [0.1, 0.15) is 23.5 Å². The summed E-state index contributed by atoms with van der Waals surface area (Å²) in [4.78, 5) is 23.5. The molecule has 1 aromatic carbocycles. The fourth-order valence-electron chi connectivity index (χ4n) is 3.33. The maximum atomic E-state index is 12.4. The van der Waals surface area contributed by atoms with E-state index in [2.05, 4.69) is 32.4 Å². The average molecular weight is 390 g/mol. The maximum absolute atomic E-state index is 12.4. The van der Waals surface area contributed by atoms with Crippen molar-refractivity contribution in [3.05, 3.63) is 61.8 Å². The summed E-state index contributed by atoms with van der Waals surface area (Å²) in [5.41, 5.74) is 0.499.